The first-order chi connectivity index (χ1) is 11.1. The normalized spacial score (nSPS) is 22.5. The SMILES string of the molecule is CC1c2ccccc2CC1N(C)c1nc2c([nH]c1=O)CCCC2. The van der Waals surface area contributed by atoms with E-state index < -0.39 is 0 Å². The summed E-state index contributed by atoms with van der Waals surface area (Å²) in [5.41, 5.74) is 4.88. The molecule has 0 radical (unpaired) electrons. The van der Waals surface area contributed by atoms with E-state index >= 15 is 0 Å². The van der Waals surface area contributed by atoms with Gasteiger partial charge in [-0.3, -0.25) is 4.79 Å². The molecule has 2 aromatic rings. The number of hydrogen-bond acceptors (Lipinski definition) is 3. The summed E-state index contributed by atoms with van der Waals surface area (Å²) >= 11 is 0. The van der Waals surface area contributed by atoms with Crippen LogP contribution < -0.4 is 10.5 Å². The number of rotatable bonds is 2. The van der Waals surface area contributed by atoms with Gasteiger partial charge in [0.25, 0.3) is 5.56 Å². The fraction of sp³-hybridized carbons (Fsp3) is 0.474. The molecule has 2 aliphatic rings. The number of nitrogens with zero attached hydrogens (tertiary/aromatic N) is 2. The molecule has 2 aliphatic carbocycles. The zero-order valence-electron chi connectivity index (χ0n) is 13.8. The molecule has 2 atom stereocenters. The van der Waals surface area contributed by atoms with Crippen molar-refractivity contribution in [1.29, 1.82) is 0 Å². The highest BCUT2D eigenvalue weighted by Gasteiger charge is 2.33. The van der Waals surface area contributed by atoms with Crippen molar-refractivity contribution in [2.24, 2.45) is 0 Å². The quantitative estimate of drug-likeness (QED) is 0.928. The summed E-state index contributed by atoms with van der Waals surface area (Å²) in [6.45, 7) is 2.25. The number of aryl methyl sites for hydroxylation is 2. The molecular formula is C19H23N3O. The fourth-order valence-electron chi connectivity index (χ4n) is 4.16. The first kappa shape index (κ1) is 14.5. The molecule has 1 N–H and O–H groups in total. The van der Waals surface area contributed by atoms with Crippen molar-refractivity contribution in [3.05, 3.63) is 57.1 Å². The van der Waals surface area contributed by atoms with Crippen LogP contribution in [0, 0.1) is 0 Å². The van der Waals surface area contributed by atoms with Crippen LogP contribution in [0.2, 0.25) is 0 Å². The van der Waals surface area contributed by atoms with E-state index in [0.717, 1.165) is 37.1 Å². The number of fused-ring (bicyclic) bond motifs is 2. The van der Waals surface area contributed by atoms with E-state index in [1.807, 2.05) is 7.05 Å². The summed E-state index contributed by atoms with van der Waals surface area (Å²) in [6.07, 6.45) is 5.22. The van der Waals surface area contributed by atoms with Gasteiger partial charge < -0.3 is 9.88 Å². The molecule has 0 spiro atoms. The van der Waals surface area contributed by atoms with Crippen LogP contribution in [0.4, 0.5) is 5.82 Å². The molecule has 4 nitrogen and oxygen atoms in total. The van der Waals surface area contributed by atoms with E-state index in [9.17, 15) is 4.79 Å². The van der Waals surface area contributed by atoms with Gasteiger partial charge in [-0.2, -0.15) is 0 Å². The van der Waals surface area contributed by atoms with Crippen LogP contribution in [-0.4, -0.2) is 23.1 Å². The van der Waals surface area contributed by atoms with Crippen LogP contribution in [0.1, 0.15) is 48.2 Å². The Hall–Kier alpha value is -2.10. The number of anilines is 1. The molecule has 0 saturated heterocycles. The van der Waals surface area contributed by atoms with Crippen molar-refractivity contribution in [2.75, 3.05) is 11.9 Å². The standard InChI is InChI=1S/C19H23N3O/c1-12-14-8-4-3-7-13(14)11-17(12)22(2)18-19(23)21-16-10-6-5-9-15(16)20-18/h3-4,7-8,12,17H,5-6,9-11H2,1-2H3,(H,21,23). The highest BCUT2D eigenvalue weighted by atomic mass is 16.1. The largest absolute Gasteiger partial charge is 0.351 e. The smallest absolute Gasteiger partial charge is 0.291 e. The topological polar surface area (TPSA) is 49.0 Å². The number of benzene rings is 1. The average Bonchev–Trinajstić information content (AvgIpc) is 2.91. The number of aromatic amines is 1. The molecule has 120 valence electrons. The Morgan fingerprint density at radius 3 is 2.83 bits per heavy atom. The third-order valence-corrected chi connectivity index (χ3v) is 5.53. The Kier molecular flexibility index (Phi) is 3.47. The maximum Gasteiger partial charge on any atom is 0.291 e. The number of H-pyrrole nitrogens is 1. The van der Waals surface area contributed by atoms with E-state index in [4.69, 9.17) is 4.98 Å². The summed E-state index contributed by atoms with van der Waals surface area (Å²) in [5.74, 6) is 0.990. The summed E-state index contributed by atoms with van der Waals surface area (Å²) in [4.78, 5) is 22.4. The van der Waals surface area contributed by atoms with Crippen molar-refractivity contribution in [2.45, 2.75) is 51.0 Å². The van der Waals surface area contributed by atoms with Gasteiger partial charge in [-0.25, -0.2) is 4.98 Å². The van der Waals surface area contributed by atoms with Gasteiger partial charge in [0.05, 0.1) is 5.69 Å². The average molecular weight is 309 g/mol. The zero-order valence-corrected chi connectivity index (χ0v) is 13.8. The van der Waals surface area contributed by atoms with Crippen molar-refractivity contribution < 1.29 is 0 Å². The molecule has 1 heterocycles. The molecular weight excluding hydrogens is 286 g/mol. The van der Waals surface area contributed by atoms with Crippen LogP contribution >= 0.6 is 0 Å². The number of aromatic nitrogens is 2. The second-order valence-corrected chi connectivity index (χ2v) is 6.89. The Morgan fingerprint density at radius 2 is 2.00 bits per heavy atom. The van der Waals surface area contributed by atoms with E-state index in [1.165, 1.54) is 17.5 Å². The Balaban J connectivity index is 1.68. The summed E-state index contributed by atoms with van der Waals surface area (Å²) in [5, 5.41) is 0. The van der Waals surface area contributed by atoms with Gasteiger partial charge in [-0.1, -0.05) is 31.2 Å². The van der Waals surface area contributed by atoms with Gasteiger partial charge in [0.1, 0.15) is 0 Å². The summed E-state index contributed by atoms with van der Waals surface area (Å²) in [7, 11) is 2.01. The van der Waals surface area contributed by atoms with Crippen molar-refractivity contribution >= 4 is 5.82 Å². The van der Waals surface area contributed by atoms with Crippen molar-refractivity contribution in [1.82, 2.24) is 9.97 Å². The summed E-state index contributed by atoms with van der Waals surface area (Å²) < 4.78 is 0. The Bertz CT molecular complexity index is 795. The highest BCUT2D eigenvalue weighted by Crippen LogP contribution is 2.36. The van der Waals surface area contributed by atoms with Gasteiger partial charge in [-0.05, 0) is 43.2 Å². The van der Waals surface area contributed by atoms with Crippen molar-refractivity contribution in [3.8, 4) is 0 Å². The maximum absolute atomic E-state index is 12.5. The Morgan fingerprint density at radius 1 is 1.22 bits per heavy atom. The highest BCUT2D eigenvalue weighted by molar-refractivity contribution is 5.46. The number of hydrogen-bond donors (Lipinski definition) is 1. The Labute approximate surface area is 136 Å². The van der Waals surface area contributed by atoms with E-state index in [-0.39, 0.29) is 5.56 Å². The minimum atomic E-state index is -0.0451. The predicted octanol–water partition coefficient (Wildman–Crippen LogP) is 2.81. The molecule has 0 fully saturated rings. The van der Waals surface area contributed by atoms with Gasteiger partial charge in [0.2, 0.25) is 0 Å². The van der Waals surface area contributed by atoms with E-state index in [2.05, 4.69) is 41.1 Å². The second-order valence-electron chi connectivity index (χ2n) is 6.89. The van der Waals surface area contributed by atoms with Crippen LogP contribution in [0.25, 0.3) is 0 Å². The lowest BCUT2D eigenvalue weighted by molar-refractivity contribution is 0.567. The van der Waals surface area contributed by atoms with Crippen LogP contribution in [0.15, 0.2) is 29.1 Å². The van der Waals surface area contributed by atoms with Gasteiger partial charge >= 0.3 is 0 Å². The molecule has 0 bridgehead atoms. The van der Waals surface area contributed by atoms with Crippen LogP contribution in [0.3, 0.4) is 0 Å². The monoisotopic (exact) mass is 309 g/mol. The van der Waals surface area contributed by atoms with E-state index in [1.54, 1.807) is 0 Å². The lowest BCUT2D eigenvalue weighted by atomic mass is 9.99. The fourth-order valence-corrected chi connectivity index (χ4v) is 4.16. The third-order valence-electron chi connectivity index (χ3n) is 5.53. The van der Waals surface area contributed by atoms with E-state index in [0.29, 0.717) is 17.8 Å². The third kappa shape index (κ3) is 2.37. The number of likely N-dealkylation sites (N-methyl/N-ethyl adjacent to an activating group) is 1. The van der Waals surface area contributed by atoms with Gasteiger partial charge in [-0.15, -0.1) is 0 Å². The van der Waals surface area contributed by atoms with Crippen molar-refractivity contribution in [3.63, 3.8) is 0 Å². The number of nitrogens with one attached hydrogen (secondary N) is 1. The molecule has 1 aromatic carbocycles. The first-order valence-electron chi connectivity index (χ1n) is 8.58. The maximum atomic E-state index is 12.5. The lowest BCUT2D eigenvalue weighted by Crippen LogP contribution is -2.39. The molecule has 0 amide bonds. The molecule has 0 saturated carbocycles. The minimum absolute atomic E-state index is 0.0451. The molecule has 0 aliphatic heterocycles. The minimum Gasteiger partial charge on any atom is -0.351 e. The first-order valence-corrected chi connectivity index (χ1v) is 8.58. The van der Waals surface area contributed by atoms with Gasteiger partial charge in [0.15, 0.2) is 5.82 Å². The molecule has 4 rings (SSSR count). The lowest BCUT2D eigenvalue weighted by Gasteiger charge is -2.29. The molecule has 1 aromatic heterocycles. The molecule has 23 heavy (non-hydrogen) atoms. The van der Waals surface area contributed by atoms with Gasteiger partial charge in [0, 0.05) is 24.7 Å². The van der Waals surface area contributed by atoms with Crippen LogP contribution in [-0.2, 0) is 19.3 Å². The van der Waals surface area contributed by atoms with Crippen LogP contribution in [0.5, 0.6) is 0 Å². The second kappa shape index (κ2) is 5.52. The molecule has 2 unspecified atom stereocenters. The zero-order chi connectivity index (χ0) is 16.0. The molecule has 4 heteroatoms. The predicted molar refractivity (Wildman–Crippen MR) is 92.3 cm³/mol. The summed E-state index contributed by atoms with van der Waals surface area (Å²) in [6, 6.07) is 8.89.